The van der Waals surface area contributed by atoms with E-state index in [0.29, 0.717) is 41.8 Å². The second-order valence-corrected chi connectivity index (χ2v) is 8.62. The van der Waals surface area contributed by atoms with Gasteiger partial charge in [-0.3, -0.25) is 9.59 Å². The van der Waals surface area contributed by atoms with Gasteiger partial charge in [0.2, 0.25) is 6.41 Å². The summed E-state index contributed by atoms with van der Waals surface area (Å²) in [6.45, 7) is 10.6. The molecule has 0 aliphatic heterocycles. The Hall–Kier alpha value is -3.78. The number of carbonyl (C=O) groups is 2. The van der Waals surface area contributed by atoms with Gasteiger partial charge in [-0.1, -0.05) is 23.8 Å². The molecule has 34 heavy (non-hydrogen) atoms. The molecule has 8 nitrogen and oxygen atoms in total. The van der Waals surface area contributed by atoms with Crippen LogP contribution in [0.4, 0.5) is 0 Å². The summed E-state index contributed by atoms with van der Waals surface area (Å²) < 4.78 is 1.82. The molecule has 0 atom stereocenters. The lowest BCUT2D eigenvalue weighted by Crippen LogP contribution is -2.26. The van der Waals surface area contributed by atoms with Crippen molar-refractivity contribution in [3.05, 3.63) is 70.6 Å². The van der Waals surface area contributed by atoms with Gasteiger partial charge >= 0.3 is 0 Å². The van der Waals surface area contributed by atoms with Crippen LogP contribution in [0.15, 0.2) is 59.4 Å². The fourth-order valence-corrected chi connectivity index (χ4v) is 3.62. The van der Waals surface area contributed by atoms with Crippen LogP contribution in [0, 0.1) is 0 Å². The molecule has 2 heterocycles. The van der Waals surface area contributed by atoms with Crippen molar-refractivity contribution in [1.82, 2.24) is 25.4 Å². The Morgan fingerprint density at radius 3 is 2.65 bits per heavy atom. The Labute approximate surface area is 199 Å². The first-order valence-electron chi connectivity index (χ1n) is 11.3. The van der Waals surface area contributed by atoms with Crippen molar-refractivity contribution < 1.29 is 9.59 Å². The predicted molar refractivity (Wildman–Crippen MR) is 135 cm³/mol. The third-order valence-electron chi connectivity index (χ3n) is 5.67. The molecule has 2 amide bonds. The van der Waals surface area contributed by atoms with Crippen LogP contribution in [0.3, 0.4) is 0 Å². The number of aromatic nitrogens is 3. The number of rotatable bonds is 9. The van der Waals surface area contributed by atoms with E-state index in [-0.39, 0.29) is 11.9 Å². The summed E-state index contributed by atoms with van der Waals surface area (Å²) in [4.78, 5) is 28.8. The van der Waals surface area contributed by atoms with E-state index in [1.165, 1.54) is 0 Å². The fraction of sp³-hybridized carbons (Fsp3) is 0.308. The summed E-state index contributed by atoms with van der Waals surface area (Å²) in [6.07, 6.45) is 4.21. The summed E-state index contributed by atoms with van der Waals surface area (Å²) in [5, 5.41) is 10.8. The van der Waals surface area contributed by atoms with Crippen LogP contribution in [0.1, 0.15) is 56.6 Å². The normalized spacial score (nSPS) is 12.6. The number of amides is 2. The Bertz CT molecular complexity index is 1270. The summed E-state index contributed by atoms with van der Waals surface area (Å²) >= 11 is 0. The summed E-state index contributed by atoms with van der Waals surface area (Å²) in [5.74, 6) is -0.203. The highest BCUT2D eigenvalue weighted by molar-refractivity contribution is 6.06. The van der Waals surface area contributed by atoms with Gasteiger partial charge in [0.05, 0.1) is 22.8 Å². The van der Waals surface area contributed by atoms with Crippen molar-refractivity contribution in [3.8, 4) is 11.3 Å². The van der Waals surface area contributed by atoms with E-state index < -0.39 is 0 Å². The second-order valence-electron chi connectivity index (χ2n) is 8.62. The Morgan fingerprint density at radius 1 is 1.21 bits per heavy atom. The van der Waals surface area contributed by atoms with Crippen LogP contribution >= 0.6 is 0 Å². The highest BCUT2D eigenvalue weighted by Crippen LogP contribution is 2.27. The SMILES string of the molecule is C/C(=C/C(C)=C(\C)CNC(=O)c1cc(-c2cccc(CN)c2)nc2c1cnn2C(C)C)NC=O. The van der Waals surface area contributed by atoms with Crippen LogP contribution in [-0.2, 0) is 11.3 Å². The number of nitrogens with one attached hydrogen (secondary N) is 2. The van der Waals surface area contributed by atoms with Gasteiger partial charge in [-0.15, -0.1) is 0 Å². The summed E-state index contributed by atoms with van der Waals surface area (Å²) in [5.41, 5.74) is 12.3. The molecule has 0 unspecified atom stereocenters. The highest BCUT2D eigenvalue weighted by atomic mass is 16.1. The number of nitrogens with zero attached hydrogens (tertiary/aromatic N) is 3. The van der Waals surface area contributed by atoms with E-state index in [9.17, 15) is 9.59 Å². The number of nitrogens with two attached hydrogens (primary N) is 1. The Kier molecular flexibility index (Phi) is 7.96. The third kappa shape index (κ3) is 5.58. The molecular weight excluding hydrogens is 428 g/mol. The third-order valence-corrected chi connectivity index (χ3v) is 5.67. The smallest absolute Gasteiger partial charge is 0.252 e. The van der Waals surface area contributed by atoms with E-state index in [4.69, 9.17) is 10.7 Å². The van der Waals surface area contributed by atoms with Gasteiger partial charge in [-0.2, -0.15) is 5.10 Å². The summed E-state index contributed by atoms with van der Waals surface area (Å²) in [6, 6.07) is 9.76. The topological polar surface area (TPSA) is 115 Å². The average molecular weight is 461 g/mol. The number of carbonyl (C=O) groups excluding carboxylic acids is 2. The molecule has 0 bridgehead atoms. The average Bonchev–Trinajstić information content (AvgIpc) is 3.26. The lowest BCUT2D eigenvalue weighted by Gasteiger charge is -2.12. The fourth-order valence-electron chi connectivity index (χ4n) is 3.62. The second kappa shape index (κ2) is 10.9. The van der Waals surface area contributed by atoms with Gasteiger partial charge < -0.3 is 16.4 Å². The Balaban J connectivity index is 1.99. The minimum Gasteiger partial charge on any atom is -0.348 e. The maximum absolute atomic E-state index is 13.3. The number of hydrogen-bond donors (Lipinski definition) is 3. The van der Waals surface area contributed by atoms with Crippen LogP contribution in [-0.4, -0.2) is 33.6 Å². The maximum atomic E-state index is 13.3. The molecule has 0 spiro atoms. The molecule has 0 aliphatic rings. The van der Waals surface area contributed by atoms with Crippen molar-refractivity contribution >= 4 is 23.4 Å². The molecule has 0 fully saturated rings. The first-order valence-corrected chi connectivity index (χ1v) is 11.3. The molecule has 2 aromatic heterocycles. The molecular formula is C26H32N6O2. The number of allylic oxidation sites excluding steroid dienone is 3. The lowest BCUT2D eigenvalue weighted by molar-refractivity contribution is -0.108. The zero-order chi connectivity index (χ0) is 24.8. The molecule has 8 heteroatoms. The van der Waals surface area contributed by atoms with Gasteiger partial charge in [0, 0.05) is 30.4 Å². The minimum absolute atomic E-state index is 0.0920. The van der Waals surface area contributed by atoms with Crippen molar-refractivity contribution in [1.29, 1.82) is 0 Å². The maximum Gasteiger partial charge on any atom is 0.252 e. The van der Waals surface area contributed by atoms with Crippen LogP contribution in [0.5, 0.6) is 0 Å². The van der Waals surface area contributed by atoms with E-state index in [0.717, 1.165) is 28.0 Å². The number of fused-ring (bicyclic) bond motifs is 1. The van der Waals surface area contributed by atoms with E-state index in [1.54, 1.807) is 6.20 Å². The lowest BCUT2D eigenvalue weighted by atomic mass is 10.0. The molecule has 4 N–H and O–H groups in total. The minimum atomic E-state index is -0.203. The van der Waals surface area contributed by atoms with Crippen molar-refractivity contribution in [2.45, 2.75) is 47.2 Å². The van der Waals surface area contributed by atoms with Gasteiger partial charge in [0.15, 0.2) is 5.65 Å². The quantitative estimate of drug-likeness (QED) is 0.331. The van der Waals surface area contributed by atoms with Crippen molar-refractivity contribution in [2.75, 3.05) is 6.54 Å². The first kappa shape index (κ1) is 24.9. The highest BCUT2D eigenvalue weighted by Gasteiger charge is 2.18. The van der Waals surface area contributed by atoms with Gasteiger partial charge in [-0.25, -0.2) is 9.67 Å². The van der Waals surface area contributed by atoms with Crippen LogP contribution < -0.4 is 16.4 Å². The summed E-state index contributed by atoms with van der Waals surface area (Å²) in [7, 11) is 0. The van der Waals surface area contributed by atoms with Gasteiger partial charge in [-0.05, 0) is 64.0 Å². The number of benzene rings is 1. The van der Waals surface area contributed by atoms with Crippen molar-refractivity contribution in [2.24, 2.45) is 5.73 Å². The molecule has 0 saturated carbocycles. The van der Waals surface area contributed by atoms with E-state index >= 15 is 0 Å². The predicted octanol–water partition coefficient (Wildman–Crippen LogP) is 3.85. The van der Waals surface area contributed by atoms with Gasteiger partial charge in [0.25, 0.3) is 5.91 Å². The van der Waals surface area contributed by atoms with Crippen LogP contribution in [0.2, 0.25) is 0 Å². The van der Waals surface area contributed by atoms with Gasteiger partial charge in [0.1, 0.15) is 0 Å². The first-order chi connectivity index (χ1) is 16.2. The molecule has 3 rings (SSSR count). The number of pyridine rings is 1. The zero-order valence-electron chi connectivity index (χ0n) is 20.3. The van der Waals surface area contributed by atoms with E-state index in [2.05, 4.69) is 15.7 Å². The number of hydrogen-bond acceptors (Lipinski definition) is 5. The molecule has 0 radical (unpaired) electrons. The monoisotopic (exact) mass is 460 g/mol. The Morgan fingerprint density at radius 2 is 1.97 bits per heavy atom. The molecule has 0 saturated heterocycles. The largest absolute Gasteiger partial charge is 0.348 e. The molecule has 178 valence electrons. The zero-order valence-corrected chi connectivity index (χ0v) is 20.3. The van der Waals surface area contributed by atoms with Crippen molar-refractivity contribution in [3.63, 3.8) is 0 Å². The molecule has 0 aliphatic carbocycles. The molecule has 1 aromatic carbocycles. The standard InChI is InChI=1S/C26H32N6O2/c1-16(2)32-25-23(14-30-32)22(11-24(31-25)21-8-6-7-20(10-21)12-27)26(34)28-13-18(4)17(3)9-19(5)29-15-33/h6-11,14-16H,12-13,27H2,1-5H3,(H,28,34)(H,29,33)/b18-17+,19-9-. The van der Waals surface area contributed by atoms with Crippen LogP contribution in [0.25, 0.3) is 22.3 Å². The molecule has 3 aromatic rings. The van der Waals surface area contributed by atoms with E-state index in [1.807, 2.05) is 75.7 Å².